The quantitative estimate of drug-likeness (QED) is 0.779. The van der Waals surface area contributed by atoms with E-state index in [0.29, 0.717) is 29.6 Å². The number of benzene rings is 1. The number of primary amides is 1. The van der Waals surface area contributed by atoms with Gasteiger partial charge in [0.2, 0.25) is 0 Å². The van der Waals surface area contributed by atoms with Gasteiger partial charge in [0.1, 0.15) is 5.60 Å². The highest BCUT2D eigenvalue weighted by Crippen LogP contribution is 2.34. The highest BCUT2D eigenvalue weighted by Gasteiger charge is 2.35. The molecule has 1 unspecified atom stereocenters. The van der Waals surface area contributed by atoms with Gasteiger partial charge in [-0.3, -0.25) is 0 Å². The molecule has 0 radical (unpaired) electrons. The zero-order valence-electron chi connectivity index (χ0n) is 11.3. The highest BCUT2D eigenvalue weighted by atomic mass is 35.5. The molecule has 1 fully saturated rings. The molecule has 1 aliphatic rings. The van der Waals surface area contributed by atoms with Crippen molar-refractivity contribution >= 4 is 41.6 Å². The molecule has 8 heteroatoms. The fourth-order valence-corrected chi connectivity index (χ4v) is 2.58. The first-order valence-corrected chi connectivity index (χ1v) is 7.13. The Labute approximate surface area is 139 Å². The molecule has 1 aliphatic heterocycles. The number of hydrogen-bond acceptors (Lipinski definition) is 3. The summed E-state index contributed by atoms with van der Waals surface area (Å²) in [7, 11) is 0. The molecule has 1 aromatic carbocycles. The van der Waals surface area contributed by atoms with Crippen molar-refractivity contribution in [1.82, 2.24) is 10.6 Å². The summed E-state index contributed by atoms with van der Waals surface area (Å²) in [6.07, 6.45) is 0.700. The van der Waals surface area contributed by atoms with Crippen LogP contribution in [0.2, 0.25) is 10.0 Å². The van der Waals surface area contributed by atoms with Crippen molar-refractivity contribution < 1.29 is 9.53 Å². The topological polar surface area (TPSA) is 76.4 Å². The lowest BCUT2D eigenvalue weighted by Crippen LogP contribution is -2.45. The Balaban J connectivity index is 0.00000220. The van der Waals surface area contributed by atoms with Crippen LogP contribution in [0.25, 0.3) is 0 Å². The maximum atomic E-state index is 11.0. The average molecular weight is 355 g/mol. The third-order valence-corrected chi connectivity index (χ3v) is 4.10. The molecule has 21 heavy (non-hydrogen) atoms. The molecule has 1 saturated heterocycles. The summed E-state index contributed by atoms with van der Waals surface area (Å²) in [6, 6.07) is 4.79. The third kappa shape index (κ3) is 4.63. The van der Waals surface area contributed by atoms with Gasteiger partial charge in [-0.2, -0.15) is 0 Å². The molecule has 0 bridgehead atoms. The van der Waals surface area contributed by atoms with E-state index in [4.69, 9.17) is 33.7 Å². The Morgan fingerprint density at radius 1 is 1.38 bits per heavy atom. The normalized spacial score (nSPS) is 22.0. The first kappa shape index (κ1) is 18.3. The van der Waals surface area contributed by atoms with Crippen LogP contribution in [-0.2, 0) is 10.3 Å². The van der Waals surface area contributed by atoms with Crippen LogP contribution in [-0.4, -0.2) is 32.3 Å². The molecule has 118 valence electrons. The Hall–Kier alpha value is -0.720. The molecular formula is C13H18Cl3N3O2. The van der Waals surface area contributed by atoms with Crippen molar-refractivity contribution in [3.8, 4) is 0 Å². The number of carbonyl (C=O) groups excluding carboxylic acids is 1. The number of ether oxygens (including phenoxy) is 1. The van der Waals surface area contributed by atoms with E-state index in [1.54, 1.807) is 12.1 Å². The molecule has 0 saturated carbocycles. The van der Waals surface area contributed by atoms with Crippen LogP contribution in [0.5, 0.6) is 0 Å². The van der Waals surface area contributed by atoms with Gasteiger partial charge in [0, 0.05) is 6.54 Å². The molecule has 0 spiro atoms. The molecule has 1 heterocycles. The summed E-state index contributed by atoms with van der Waals surface area (Å²) in [4.78, 5) is 11.0. The number of carbonyl (C=O) groups is 1. The lowest BCUT2D eigenvalue weighted by Gasteiger charge is -2.33. The molecule has 4 N–H and O–H groups in total. The number of rotatable bonds is 3. The Morgan fingerprint density at radius 2 is 2.14 bits per heavy atom. The van der Waals surface area contributed by atoms with Gasteiger partial charge < -0.3 is 21.1 Å². The summed E-state index contributed by atoms with van der Waals surface area (Å²) < 4.78 is 5.99. The second-order valence-electron chi connectivity index (χ2n) is 4.69. The SMILES string of the molecule is Cl.NC(=O)NCC1(c2ccc(Cl)c(Cl)c2)CCNCCO1. The van der Waals surface area contributed by atoms with Crippen LogP contribution in [0.1, 0.15) is 12.0 Å². The van der Waals surface area contributed by atoms with E-state index >= 15 is 0 Å². The second-order valence-corrected chi connectivity index (χ2v) is 5.50. The largest absolute Gasteiger partial charge is 0.367 e. The summed E-state index contributed by atoms with van der Waals surface area (Å²) in [5, 5.41) is 6.83. The van der Waals surface area contributed by atoms with Crippen LogP contribution in [0, 0.1) is 0 Å². The molecule has 5 nitrogen and oxygen atoms in total. The molecule has 2 amide bonds. The molecule has 2 rings (SSSR count). The van der Waals surface area contributed by atoms with E-state index in [0.717, 1.165) is 18.7 Å². The van der Waals surface area contributed by atoms with Gasteiger partial charge >= 0.3 is 6.03 Å². The Morgan fingerprint density at radius 3 is 2.81 bits per heavy atom. The zero-order valence-corrected chi connectivity index (χ0v) is 13.7. The van der Waals surface area contributed by atoms with Gasteiger partial charge in [0.15, 0.2) is 0 Å². The number of amides is 2. The first-order chi connectivity index (χ1) is 9.53. The minimum Gasteiger partial charge on any atom is -0.367 e. The van der Waals surface area contributed by atoms with Gasteiger partial charge in [-0.1, -0.05) is 29.3 Å². The second kappa shape index (κ2) is 8.06. The third-order valence-electron chi connectivity index (χ3n) is 3.36. The number of nitrogens with two attached hydrogens (primary N) is 1. The lowest BCUT2D eigenvalue weighted by molar-refractivity contribution is -0.0396. The van der Waals surface area contributed by atoms with E-state index in [1.165, 1.54) is 0 Å². The minimum atomic E-state index is -0.646. The average Bonchev–Trinajstić information content (AvgIpc) is 2.66. The van der Waals surface area contributed by atoms with Crippen molar-refractivity contribution in [3.05, 3.63) is 33.8 Å². The summed E-state index contributed by atoms with van der Waals surface area (Å²) in [5.41, 5.74) is 5.40. The number of urea groups is 1. The van der Waals surface area contributed by atoms with Crippen molar-refractivity contribution in [3.63, 3.8) is 0 Å². The molecule has 0 aliphatic carbocycles. The van der Waals surface area contributed by atoms with Gasteiger partial charge in [-0.05, 0) is 30.7 Å². The van der Waals surface area contributed by atoms with Crippen molar-refractivity contribution in [2.45, 2.75) is 12.0 Å². The van der Waals surface area contributed by atoms with Gasteiger partial charge in [-0.15, -0.1) is 12.4 Å². The van der Waals surface area contributed by atoms with Crippen LogP contribution in [0.4, 0.5) is 4.79 Å². The number of hydrogen-bond donors (Lipinski definition) is 3. The first-order valence-electron chi connectivity index (χ1n) is 6.37. The van der Waals surface area contributed by atoms with E-state index in [9.17, 15) is 4.79 Å². The monoisotopic (exact) mass is 353 g/mol. The Kier molecular flexibility index (Phi) is 7.03. The van der Waals surface area contributed by atoms with E-state index < -0.39 is 11.6 Å². The van der Waals surface area contributed by atoms with Gasteiger partial charge in [0.05, 0.1) is 23.2 Å². The number of halogens is 3. The summed E-state index contributed by atoms with van der Waals surface area (Å²) in [6.45, 7) is 2.38. The number of nitrogens with one attached hydrogen (secondary N) is 2. The molecule has 1 atom stereocenters. The predicted molar refractivity (Wildman–Crippen MR) is 86.4 cm³/mol. The van der Waals surface area contributed by atoms with Gasteiger partial charge in [-0.25, -0.2) is 4.79 Å². The smallest absolute Gasteiger partial charge is 0.312 e. The van der Waals surface area contributed by atoms with Crippen LogP contribution in [0.15, 0.2) is 18.2 Å². The fraction of sp³-hybridized carbons (Fsp3) is 0.462. The molecule has 1 aromatic rings. The lowest BCUT2D eigenvalue weighted by atomic mass is 9.90. The maximum Gasteiger partial charge on any atom is 0.312 e. The maximum absolute atomic E-state index is 11.0. The molecule has 0 aromatic heterocycles. The summed E-state index contributed by atoms with van der Waals surface area (Å²) in [5.74, 6) is 0. The Bertz CT molecular complexity index is 492. The van der Waals surface area contributed by atoms with Crippen molar-refractivity contribution in [2.24, 2.45) is 5.73 Å². The van der Waals surface area contributed by atoms with E-state index in [1.807, 2.05) is 6.07 Å². The fourth-order valence-electron chi connectivity index (χ4n) is 2.28. The van der Waals surface area contributed by atoms with E-state index in [2.05, 4.69) is 10.6 Å². The predicted octanol–water partition coefficient (Wildman–Crippen LogP) is 2.29. The van der Waals surface area contributed by atoms with Crippen LogP contribution >= 0.6 is 35.6 Å². The van der Waals surface area contributed by atoms with Crippen LogP contribution in [0.3, 0.4) is 0 Å². The van der Waals surface area contributed by atoms with Crippen molar-refractivity contribution in [2.75, 3.05) is 26.2 Å². The van der Waals surface area contributed by atoms with Crippen LogP contribution < -0.4 is 16.4 Å². The highest BCUT2D eigenvalue weighted by molar-refractivity contribution is 6.42. The summed E-state index contributed by atoms with van der Waals surface area (Å²) >= 11 is 12.0. The zero-order chi connectivity index (χ0) is 14.6. The van der Waals surface area contributed by atoms with Crippen molar-refractivity contribution in [1.29, 1.82) is 0 Å². The molecular weight excluding hydrogens is 337 g/mol. The van der Waals surface area contributed by atoms with E-state index in [-0.39, 0.29) is 12.4 Å². The van der Waals surface area contributed by atoms with Gasteiger partial charge in [0.25, 0.3) is 0 Å². The minimum absolute atomic E-state index is 0. The standard InChI is InChI=1S/C13H17Cl2N3O2.ClH/c14-10-2-1-9(7-11(10)15)13(8-18-12(16)19)3-4-17-5-6-20-13;/h1-2,7,17H,3-6,8H2,(H3,16,18,19);1H.